The maximum absolute atomic E-state index is 11.9. The quantitative estimate of drug-likeness (QED) is 0.755. The topological polar surface area (TPSA) is 38.8 Å². The van der Waals surface area contributed by atoms with E-state index >= 15 is 0 Å². The second kappa shape index (κ2) is 7.64. The number of fused-ring (bicyclic) bond motifs is 1. The summed E-state index contributed by atoms with van der Waals surface area (Å²) in [5, 5.41) is 0. The summed E-state index contributed by atoms with van der Waals surface area (Å²) in [7, 11) is 3.32. The molecule has 0 saturated heterocycles. The van der Waals surface area contributed by atoms with Crippen LogP contribution in [0.5, 0.6) is 11.5 Å². The van der Waals surface area contributed by atoms with Crippen LogP contribution in [-0.4, -0.2) is 38.0 Å². The molecule has 0 saturated carbocycles. The van der Waals surface area contributed by atoms with Crippen molar-refractivity contribution in [2.45, 2.75) is 33.7 Å². The second-order valence-corrected chi connectivity index (χ2v) is 6.43. The van der Waals surface area contributed by atoms with Crippen LogP contribution in [0.1, 0.15) is 31.9 Å². The number of Topliss-reactive ketones (excluding diaryl/α,β-unsaturated/α-hetero) is 1. The lowest BCUT2D eigenvalue weighted by molar-refractivity contribution is -0.113. The molecule has 1 heterocycles. The van der Waals surface area contributed by atoms with E-state index in [0.29, 0.717) is 12.5 Å². The predicted molar refractivity (Wildman–Crippen MR) is 92.1 cm³/mol. The van der Waals surface area contributed by atoms with Crippen molar-refractivity contribution in [1.29, 1.82) is 0 Å². The second-order valence-electron chi connectivity index (χ2n) is 6.43. The monoisotopic (exact) mass is 317 g/mol. The Balaban J connectivity index is 2.18. The first-order valence-corrected chi connectivity index (χ1v) is 8.12. The van der Waals surface area contributed by atoms with Crippen molar-refractivity contribution >= 4 is 5.78 Å². The Labute approximate surface area is 139 Å². The highest BCUT2D eigenvalue weighted by Gasteiger charge is 2.21. The first kappa shape index (κ1) is 17.5. The lowest BCUT2D eigenvalue weighted by Gasteiger charge is -2.30. The first-order valence-electron chi connectivity index (χ1n) is 8.12. The Morgan fingerprint density at radius 2 is 1.83 bits per heavy atom. The van der Waals surface area contributed by atoms with Gasteiger partial charge in [-0.15, -0.1) is 0 Å². The molecule has 23 heavy (non-hydrogen) atoms. The van der Waals surface area contributed by atoms with Crippen LogP contribution in [0.2, 0.25) is 0 Å². The van der Waals surface area contributed by atoms with Crippen molar-refractivity contribution < 1.29 is 14.3 Å². The van der Waals surface area contributed by atoms with Gasteiger partial charge in [0, 0.05) is 25.2 Å². The Bertz CT molecular complexity index is 605. The van der Waals surface area contributed by atoms with Gasteiger partial charge in [0.05, 0.1) is 14.2 Å². The van der Waals surface area contributed by atoms with Crippen molar-refractivity contribution in [3.63, 3.8) is 0 Å². The molecule has 1 aromatic rings. The maximum Gasteiger partial charge on any atom is 0.161 e. The molecule has 126 valence electrons. The van der Waals surface area contributed by atoms with E-state index in [1.807, 2.05) is 0 Å². The van der Waals surface area contributed by atoms with Crippen molar-refractivity contribution in [3.8, 4) is 11.5 Å². The lowest BCUT2D eigenvalue weighted by atomic mass is 9.97. The number of ether oxygens (including phenoxy) is 2. The molecule has 0 amide bonds. The van der Waals surface area contributed by atoms with E-state index < -0.39 is 0 Å². The zero-order valence-corrected chi connectivity index (χ0v) is 14.8. The van der Waals surface area contributed by atoms with E-state index in [4.69, 9.17) is 9.47 Å². The Morgan fingerprint density at radius 3 is 2.35 bits per heavy atom. The van der Waals surface area contributed by atoms with Gasteiger partial charge in [-0.25, -0.2) is 0 Å². The number of allylic oxidation sites excluding steroid dienone is 1. The number of carbonyl (C=O) groups is 1. The number of nitrogens with zero attached hydrogens (tertiary/aromatic N) is 1. The fraction of sp³-hybridized carbons (Fsp3) is 0.526. The standard InChI is InChI=1S/C19H27NO3/c1-13(2)8-16(14(3)21)11-20-7-6-15-9-18(22-4)19(23-5)10-17(15)12-20/h8-10,13H,6-7,11-12H2,1-5H3/b16-8-. The highest BCUT2D eigenvalue weighted by molar-refractivity contribution is 5.93. The Hall–Kier alpha value is -1.81. The van der Waals surface area contributed by atoms with Gasteiger partial charge >= 0.3 is 0 Å². The van der Waals surface area contributed by atoms with Gasteiger partial charge in [0.15, 0.2) is 17.3 Å². The van der Waals surface area contributed by atoms with Crippen LogP contribution in [0, 0.1) is 5.92 Å². The summed E-state index contributed by atoms with van der Waals surface area (Å²) in [6, 6.07) is 4.13. The molecule has 0 unspecified atom stereocenters. The van der Waals surface area contributed by atoms with E-state index in [1.54, 1.807) is 21.1 Å². The van der Waals surface area contributed by atoms with Crippen molar-refractivity contribution in [3.05, 3.63) is 34.9 Å². The smallest absolute Gasteiger partial charge is 0.161 e. The molecule has 1 aromatic carbocycles. The summed E-state index contributed by atoms with van der Waals surface area (Å²) >= 11 is 0. The third-order valence-corrected chi connectivity index (χ3v) is 4.18. The van der Waals surface area contributed by atoms with Crippen LogP contribution in [0.4, 0.5) is 0 Å². The Morgan fingerprint density at radius 1 is 1.22 bits per heavy atom. The minimum atomic E-state index is 0.164. The van der Waals surface area contributed by atoms with Gasteiger partial charge in [0.2, 0.25) is 0 Å². The molecule has 2 rings (SSSR count). The van der Waals surface area contributed by atoms with Crippen LogP contribution >= 0.6 is 0 Å². The van der Waals surface area contributed by atoms with E-state index in [9.17, 15) is 4.79 Å². The number of rotatable bonds is 6. The molecule has 0 bridgehead atoms. The van der Waals surface area contributed by atoms with E-state index in [-0.39, 0.29) is 5.78 Å². The molecule has 0 spiro atoms. The van der Waals surface area contributed by atoms with Gasteiger partial charge in [-0.05, 0) is 42.5 Å². The van der Waals surface area contributed by atoms with Crippen molar-refractivity contribution in [1.82, 2.24) is 4.90 Å². The molecule has 0 aliphatic carbocycles. The summed E-state index contributed by atoms with van der Waals surface area (Å²) in [4.78, 5) is 14.2. The summed E-state index contributed by atoms with van der Waals surface area (Å²) in [5.41, 5.74) is 3.46. The number of hydrogen-bond acceptors (Lipinski definition) is 4. The maximum atomic E-state index is 11.9. The first-order chi connectivity index (χ1) is 10.9. The molecule has 0 atom stereocenters. The van der Waals surface area contributed by atoms with Gasteiger partial charge in [0.25, 0.3) is 0 Å². The van der Waals surface area contributed by atoms with Crippen LogP contribution in [0.25, 0.3) is 0 Å². The lowest BCUT2D eigenvalue weighted by Crippen LogP contribution is -2.33. The third kappa shape index (κ3) is 4.35. The predicted octanol–water partition coefficient (Wildman–Crippen LogP) is 3.23. The van der Waals surface area contributed by atoms with Crippen LogP contribution in [-0.2, 0) is 17.8 Å². The van der Waals surface area contributed by atoms with Gasteiger partial charge in [-0.2, -0.15) is 0 Å². The summed E-state index contributed by atoms with van der Waals surface area (Å²) in [6.07, 6.45) is 3.04. The number of hydrogen-bond donors (Lipinski definition) is 0. The largest absolute Gasteiger partial charge is 0.493 e. The van der Waals surface area contributed by atoms with Gasteiger partial charge in [-0.1, -0.05) is 19.9 Å². The average molecular weight is 317 g/mol. The molecule has 1 aliphatic rings. The molecule has 4 heteroatoms. The fourth-order valence-electron chi connectivity index (χ4n) is 3.00. The SMILES string of the molecule is COc1cc2c(cc1OC)CN(C/C(=C/C(C)C)C(C)=O)CC2. The average Bonchev–Trinajstić information content (AvgIpc) is 2.52. The molecule has 1 aliphatic heterocycles. The van der Waals surface area contributed by atoms with Crippen LogP contribution in [0.15, 0.2) is 23.8 Å². The number of methoxy groups -OCH3 is 2. The highest BCUT2D eigenvalue weighted by Crippen LogP contribution is 2.33. The molecule has 0 fully saturated rings. The number of carbonyl (C=O) groups excluding carboxylic acids is 1. The van der Waals surface area contributed by atoms with Crippen LogP contribution in [0.3, 0.4) is 0 Å². The number of ketones is 1. The van der Waals surface area contributed by atoms with E-state index in [1.165, 1.54) is 11.1 Å². The minimum absolute atomic E-state index is 0.164. The van der Waals surface area contributed by atoms with Gasteiger partial charge < -0.3 is 9.47 Å². The van der Waals surface area contributed by atoms with Crippen LogP contribution < -0.4 is 9.47 Å². The minimum Gasteiger partial charge on any atom is -0.493 e. The molecule has 0 aromatic heterocycles. The molecule has 4 nitrogen and oxygen atoms in total. The Kier molecular flexibility index (Phi) is 5.83. The van der Waals surface area contributed by atoms with Crippen molar-refractivity contribution in [2.24, 2.45) is 5.92 Å². The molecular weight excluding hydrogens is 290 g/mol. The van der Waals surface area contributed by atoms with Gasteiger partial charge in [0.1, 0.15) is 0 Å². The zero-order valence-electron chi connectivity index (χ0n) is 14.8. The highest BCUT2D eigenvalue weighted by atomic mass is 16.5. The summed E-state index contributed by atoms with van der Waals surface area (Å²) in [5.74, 6) is 2.09. The van der Waals surface area contributed by atoms with Crippen molar-refractivity contribution in [2.75, 3.05) is 27.3 Å². The molecule has 0 N–H and O–H groups in total. The third-order valence-electron chi connectivity index (χ3n) is 4.18. The number of benzene rings is 1. The van der Waals surface area contributed by atoms with Gasteiger partial charge in [-0.3, -0.25) is 9.69 Å². The molecule has 0 radical (unpaired) electrons. The normalized spacial score (nSPS) is 15.5. The molecular formula is C19H27NO3. The fourth-order valence-corrected chi connectivity index (χ4v) is 3.00. The van der Waals surface area contributed by atoms with E-state index in [2.05, 4.69) is 37.0 Å². The summed E-state index contributed by atoms with van der Waals surface area (Å²) in [6.45, 7) is 8.35. The zero-order chi connectivity index (χ0) is 17.0. The summed E-state index contributed by atoms with van der Waals surface area (Å²) < 4.78 is 10.8. The van der Waals surface area contributed by atoms with E-state index in [0.717, 1.165) is 36.6 Å².